The molecule has 0 aliphatic heterocycles. The number of aromatic nitrogens is 1. The van der Waals surface area contributed by atoms with Crippen LogP contribution in [0.25, 0.3) is 10.9 Å². The number of pyridine rings is 1. The number of nitrogens with one attached hydrogen (secondary N) is 1. The number of aliphatic hydroxyl groups excluding tert-OH is 1. The molecule has 1 aromatic heterocycles. The van der Waals surface area contributed by atoms with Gasteiger partial charge >= 0.3 is 0 Å². The number of benzene rings is 2. The first-order chi connectivity index (χ1) is 12.0. The lowest BCUT2D eigenvalue weighted by Gasteiger charge is -2.12. The molecule has 0 spiro atoms. The van der Waals surface area contributed by atoms with Crippen molar-refractivity contribution in [2.45, 2.75) is 19.4 Å². The third-order valence-electron chi connectivity index (χ3n) is 4.10. The molecule has 128 valence electrons. The minimum Gasteiger partial charge on any atom is -0.388 e. The molecule has 0 aliphatic carbocycles. The number of hydrogen-bond acceptors (Lipinski definition) is 3. The van der Waals surface area contributed by atoms with Crippen molar-refractivity contribution in [1.29, 1.82) is 0 Å². The summed E-state index contributed by atoms with van der Waals surface area (Å²) in [7, 11) is 0. The molecule has 3 rings (SSSR count). The summed E-state index contributed by atoms with van der Waals surface area (Å²) >= 11 is 0. The fourth-order valence-electron chi connectivity index (χ4n) is 2.73. The van der Waals surface area contributed by atoms with Crippen LogP contribution in [-0.4, -0.2) is 22.5 Å². The maximum absolute atomic E-state index is 13.3. The van der Waals surface area contributed by atoms with Crippen molar-refractivity contribution in [1.82, 2.24) is 10.3 Å². The molecule has 0 saturated carbocycles. The summed E-state index contributed by atoms with van der Waals surface area (Å²) in [5.41, 5.74) is 2.34. The van der Waals surface area contributed by atoms with E-state index in [1.54, 1.807) is 19.1 Å². The van der Waals surface area contributed by atoms with E-state index in [9.17, 15) is 14.3 Å². The standard InChI is InChI=1S/C20H19FN2O2/c1-13-17(11-15-7-8-16(21)12-18(15)23-13)20(25)22-10-9-19(24)14-5-3-2-4-6-14/h2-8,11-12,19,24H,9-10H2,1H3,(H,22,25). The molecule has 1 amide bonds. The average molecular weight is 338 g/mol. The summed E-state index contributed by atoms with van der Waals surface area (Å²) in [6.45, 7) is 2.06. The molecule has 0 bridgehead atoms. The first-order valence-corrected chi connectivity index (χ1v) is 8.13. The normalized spacial score (nSPS) is 12.1. The highest BCUT2D eigenvalue weighted by molar-refractivity contribution is 5.98. The largest absolute Gasteiger partial charge is 0.388 e. The zero-order chi connectivity index (χ0) is 17.8. The Balaban J connectivity index is 1.66. The third-order valence-corrected chi connectivity index (χ3v) is 4.10. The lowest BCUT2D eigenvalue weighted by atomic mass is 10.1. The van der Waals surface area contributed by atoms with Crippen LogP contribution in [0, 0.1) is 12.7 Å². The molecular weight excluding hydrogens is 319 g/mol. The van der Waals surface area contributed by atoms with Gasteiger partial charge in [0, 0.05) is 18.0 Å². The summed E-state index contributed by atoms with van der Waals surface area (Å²) in [6.07, 6.45) is -0.207. The second-order valence-corrected chi connectivity index (χ2v) is 5.93. The highest BCUT2D eigenvalue weighted by Gasteiger charge is 2.13. The van der Waals surface area contributed by atoms with E-state index >= 15 is 0 Å². The van der Waals surface area contributed by atoms with Gasteiger partial charge in [0.2, 0.25) is 0 Å². The highest BCUT2D eigenvalue weighted by atomic mass is 19.1. The van der Waals surface area contributed by atoms with Crippen LogP contribution in [0.1, 0.15) is 34.1 Å². The fraction of sp³-hybridized carbons (Fsp3) is 0.200. The van der Waals surface area contributed by atoms with Crippen LogP contribution in [0.4, 0.5) is 4.39 Å². The number of carbonyl (C=O) groups excluding carboxylic acids is 1. The highest BCUT2D eigenvalue weighted by Crippen LogP contribution is 2.18. The van der Waals surface area contributed by atoms with E-state index in [0.29, 0.717) is 35.1 Å². The summed E-state index contributed by atoms with van der Waals surface area (Å²) in [6, 6.07) is 15.3. The molecule has 1 atom stereocenters. The lowest BCUT2D eigenvalue weighted by Crippen LogP contribution is -2.26. The van der Waals surface area contributed by atoms with Gasteiger partial charge in [0.15, 0.2) is 0 Å². The van der Waals surface area contributed by atoms with E-state index in [4.69, 9.17) is 0 Å². The molecule has 0 aliphatic rings. The van der Waals surface area contributed by atoms with Gasteiger partial charge in [-0.15, -0.1) is 0 Å². The number of rotatable bonds is 5. The van der Waals surface area contributed by atoms with E-state index < -0.39 is 6.10 Å². The Hall–Kier alpha value is -2.79. The van der Waals surface area contributed by atoms with E-state index in [1.165, 1.54) is 12.1 Å². The van der Waals surface area contributed by atoms with Crippen LogP contribution >= 0.6 is 0 Å². The number of halogens is 1. The SMILES string of the molecule is Cc1nc2cc(F)ccc2cc1C(=O)NCCC(O)c1ccccc1. The Kier molecular flexibility index (Phi) is 5.05. The first-order valence-electron chi connectivity index (χ1n) is 8.13. The van der Waals surface area contributed by atoms with Crippen molar-refractivity contribution < 1.29 is 14.3 Å². The van der Waals surface area contributed by atoms with Crippen molar-refractivity contribution in [3.05, 3.63) is 77.2 Å². The molecule has 0 saturated heterocycles. The van der Waals surface area contributed by atoms with E-state index in [-0.39, 0.29) is 11.7 Å². The number of aliphatic hydroxyl groups is 1. The minimum atomic E-state index is -0.625. The summed E-state index contributed by atoms with van der Waals surface area (Å²) in [5, 5.41) is 13.6. The molecule has 1 unspecified atom stereocenters. The number of amides is 1. The van der Waals surface area contributed by atoms with Gasteiger partial charge in [0.25, 0.3) is 5.91 Å². The molecule has 4 nitrogen and oxygen atoms in total. The Labute approximate surface area is 145 Å². The maximum atomic E-state index is 13.3. The summed E-state index contributed by atoms with van der Waals surface area (Å²) < 4.78 is 13.3. The van der Waals surface area contributed by atoms with E-state index in [0.717, 1.165) is 5.56 Å². The topological polar surface area (TPSA) is 62.2 Å². The number of fused-ring (bicyclic) bond motifs is 1. The molecule has 3 aromatic rings. The predicted octanol–water partition coefficient (Wildman–Crippen LogP) is 3.54. The van der Waals surface area contributed by atoms with Gasteiger partial charge in [-0.1, -0.05) is 30.3 Å². The van der Waals surface area contributed by atoms with Gasteiger partial charge in [-0.3, -0.25) is 9.78 Å². The smallest absolute Gasteiger partial charge is 0.253 e. The quantitative estimate of drug-likeness (QED) is 0.748. The van der Waals surface area contributed by atoms with Gasteiger partial charge in [-0.05, 0) is 37.1 Å². The Bertz CT molecular complexity index is 897. The molecule has 0 fully saturated rings. The molecule has 2 aromatic carbocycles. The van der Waals surface area contributed by atoms with Gasteiger partial charge in [-0.25, -0.2) is 4.39 Å². The Morgan fingerprint density at radius 3 is 2.72 bits per heavy atom. The van der Waals surface area contributed by atoms with Crippen LogP contribution in [-0.2, 0) is 0 Å². The first kappa shape index (κ1) is 17.0. The molecule has 5 heteroatoms. The van der Waals surface area contributed by atoms with Crippen LogP contribution in [0.15, 0.2) is 54.6 Å². The molecule has 2 N–H and O–H groups in total. The summed E-state index contributed by atoms with van der Waals surface area (Å²) in [4.78, 5) is 16.7. The van der Waals surface area contributed by atoms with Gasteiger partial charge < -0.3 is 10.4 Å². The number of hydrogen-bond donors (Lipinski definition) is 2. The average Bonchev–Trinajstić information content (AvgIpc) is 2.61. The van der Waals surface area contributed by atoms with Gasteiger partial charge in [-0.2, -0.15) is 0 Å². The second kappa shape index (κ2) is 7.40. The van der Waals surface area contributed by atoms with Crippen LogP contribution in [0.2, 0.25) is 0 Å². The molecular formula is C20H19FN2O2. The van der Waals surface area contributed by atoms with Crippen molar-refractivity contribution in [3.8, 4) is 0 Å². The number of carbonyl (C=O) groups is 1. The van der Waals surface area contributed by atoms with Gasteiger partial charge in [0.05, 0.1) is 22.9 Å². The molecule has 0 radical (unpaired) electrons. The lowest BCUT2D eigenvalue weighted by molar-refractivity contribution is 0.0942. The van der Waals surface area contributed by atoms with Crippen molar-refractivity contribution >= 4 is 16.8 Å². The summed E-state index contributed by atoms with van der Waals surface area (Å²) in [5.74, 6) is -0.608. The molecule has 25 heavy (non-hydrogen) atoms. The predicted molar refractivity (Wildman–Crippen MR) is 94.8 cm³/mol. The van der Waals surface area contributed by atoms with Crippen molar-refractivity contribution in [2.24, 2.45) is 0 Å². The fourth-order valence-corrected chi connectivity index (χ4v) is 2.73. The number of nitrogens with zero attached hydrogens (tertiary/aromatic N) is 1. The van der Waals surface area contributed by atoms with Crippen LogP contribution in [0.3, 0.4) is 0 Å². The van der Waals surface area contributed by atoms with Crippen molar-refractivity contribution in [3.63, 3.8) is 0 Å². The van der Waals surface area contributed by atoms with Crippen LogP contribution < -0.4 is 5.32 Å². The van der Waals surface area contributed by atoms with Gasteiger partial charge in [0.1, 0.15) is 5.82 Å². The maximum Gasteiger partial charge on any atom is 0.253 e. The van der Waals surface area contributed by atoms with E-state index in [1.807, 2.05) is 30.3 Å². The Morgan fingerprint density at radius 1 is 1.20 bits per heavy atom. The zero-order valence-electron chi connectivity index (χ0n) is 13.9. The third kappa shape index (κ3) is 4.00. The van der Waals surface area contributed by atoms with Crippen molar-refractivity contribution in [2.75, 3.05) is 6.54 Å². The minimum absolute atomic E-state index is 0.253. The molecule has 1 heterocycles. The number of aryl methyl sites for hydroxylation is 1. The second-order valence-electron chi connectivity index (χ2n) is 5.93. The van der Waals surface area contributed by atoms with E-state index in [2.05, 4.69) is 10.3 Å². The van der Waals surface area contributed by atoms with Crippen LogP contribution in [0.5, 0.6) is 0 Å². The Morgan fingerprint density at radius 2 is 1.96 bits per heavy atom. The zero-order valence-corrected chi connectivity index (χ0v) is 13.9. The monoisotopic (exact) mass is 338 g/mol.